The molecule has 1 aliphatic heterocycles. The van der Waals surface area contributed by atoms with Crippen LogP contribution in [0.15, 0.2) is 24.3 Å². The third-order valence-corrected chi connectivity index (χ3v) is 4.18. The lowest BCUT2D eigenvalue weighted by Crippen LogP contribution is -2.48. The van der Waals surface area contributed by atoms with Gasteiger partial charge in [0.1, 0.15) is 24.1 Å². The molecule has 0 spiro atoms. The molecule has 7 heteroatoms. The van der Waals surface area contributed by atoms with E-state index in [1.54, 1.807) is 29.2 Å². The molecular formula is C21H33N3O4. The van der Waals surface area contributed by atoms with Gasteiger partial charge in [0, 0.05) is 25.7 Å². The van der Waals surface area contributed by atoms with E-state index in [1.807, 2.05) is 20.8 Å². The summed E-state index contributed by atoms with van der Waals surface area (Å²) < 4.78 is 10.9. The molecule has 1 saturated heterocycles. The van der Waals surface area contributed by atoms with Gasteiger partial charge < -0.3 is 24.8 Å². The lowest BCUT2D eigenvalue weighted by molar-refractivity contribution is 0.0192. The molecule has 2 N–H and O–H groups in total. The Kier molecular flexibility index (Phi) is 9.23. The van der Waals surface area contributed by atoms with E-state index in [-0.39, 0.29) is 26.2 Å². The molecule has 1 aromatic rings. The second-order valence-electron chi connectivity index (χ2n) is 7.72. The fraction of sp³-hybridized carbons (Fsp3) is 0.619. The molecule has 7 nitrogen and oxygen atoms in total. The Morgan fingerprint density at radius 1 is 1.39 bits per heavy atom. The number of carbonyl (C=O) groups excluding carboxylic acids is 1. The Morgan fingerprint density at radius 3 is 2.68 bits per heavy atom. The maximum absolute atomic E-state index is 12.1. The summed E-state index contributed by atoms with van der Waals surface area (Å²) in [6.07, 6.45) is 0.723. The monoisotopic (exact) mass is 391 g/mol. The van der Waals surface area contributed by atoms with Crippen LogP contribution < -0.4 is 10.1 Å². The Bertz CT molecular complexity index is 658. The summed E-state index contributed by atoms with van der Waals surface area (Å²) in [5.41, 5.74) is 0.0294. The van der Waals surface area contributed by atoms with Crippen molar-refractivity contribution >= 4 is 11.8 Å². The van der Waals surface area contributed by atoms with Crippen molar-refractivity contribution < 1.29 is 19.4 Å². The number of ether oxygens (including phenoxy) is 2. The Morgan fingerprint density at radius 2 is 2.07 bits per heavy atom. The number of aliphatic hydroxyl groups is 1. The van der Waals surface area contributed by atoms with Crippen molar-refractivity contribution in [2.24, 2.45) is 0 Å². The molecule has 1 amide bonds. The number of rotatable bonds is 6. The highest BCUT2D eigenvalue weighted by molar-refractivity contribution is 5.68. The van der Waals surface area contributed by atoms with Crippen LogP contribution in [0.1, 0.15) is 41.0 Å². The van der Waals surface area contributed by atoms with E-state index in [0.717, 1.165) is 12.8 Å². The highest BCUT2D eigenvalue weighted by atomic mass is 16.6. The summed E-state index contributed by atoms with van der Waals surface area (Å²) in [5, 5.41) is 13.4. The zero-order valence-corrected chi connectivity index (χ0v) is 16.3. The Labute approximate surface area is 168 Å². The number of benzene rings is 1. The highest BCUT2D eigenvalue weighted by Crippen LogP contribution is 2.20. The maximum atomic E-state index is 12.1. The molecule has 2 rings (SSSR count). The average Bonchev–Trinajstić information content (AvgIpc) is 2.64. The molecule has 0 aromatic heterocycles. The van der Waals surface area contributed by atoms with Crippen molar-refractivity contribution in [3.05, 3.63) is 35.7 Å². The van der Waals surface area contributed by atoms with E-state index in [1.165, 1.54) is 0 Å². The molecule has 1 aromatic carbocycles. The van der Waals surface area contributed by atoms with Crippen molar-refractivity contribution in [3.63, 3.8) is 0 Å². The molecule has 0 bridgehead atoms. The van der Waals surface area contributed by atoms with Crippen LogP contribution >= 0.6 is 0 Å². The summed E-state index contributed by atoms with van der Waals surface area (Å²) in [6, 6.07) is 7.14. The van der Waals surface area contributed by atoms with E-state index >= 15 is 0 Å². The standard InChI is InChI=1S/C20H29N3O4.CH4/c1-20(2,3)27-19(25)23-10-8-15(9-11-23)22-13-17(24)14-26-18-7-5-6-16(12-18)21-4;/h5-7,12,15,17,22,24H,8-11,13-14H2,1-3H3;1H4/t17-;/m0./s1. The molecule has 0 aliphatic carbocycles. The number of nitrogens with zero attached hydrogens (tertiary/aromatic N) is 2. The second kappa shape index (κ2) is 10.9. The van der Waals surface area contributed by atoms with Crippen molar-refractivity contribution in [2.75, 3.05) is 26.2 Å². The summed E-state index contributed by atoms with van der Waals surface area (Å²) in [6.45, 7) is 14.4. The first-order valence-corrected chi connectivity index (χ1v) is 9.26. The molecule has 0 saturated carbocycles. The predicted molar refractivity (Wildman–Crippen MR) is 110 cm³/mol. The fourth-order valence-electron chi connectivity index (χ4n) is 2.79. The van der Waals surface area contributed by atoms with Gasteiger partial charge in [0.2, 0.25) is 0 Å². The Balaban J connectivity index is 0.00000392. The van der Waals surface area contributed by atoms with Crippen molar-refractivity contribution in [1.82, 2.24) is 10.2 Å². The van der Waals surface area contributed by atoms with Crippen LogP contribution in [0.4, 0.5) is 10.5 Å². The van der Waals surface area contributed by atoms with Crippen molar-refractivity contribution in [1.29, 1.82) is 0 Å². The molecule has 1 atom stereocenters. The lowest BCUT2D eigenvalue weighted by Gasteiger charge is -2.34. The molecule has 0 unspecified atom stereocenters. The first-order valence-electron chi connectivity index (χ1n) is 9.26. The van der Waals surface area contributed by atoms with E-state index < -0.39 is 11.7 Å². The first-order chi connectivity index (χ1) is 12.8. The van der Waals surface area contributed by atoms with Crippen LogP contribution in [-0.4, -0.2) is 60.1 Å². The smallest absolute Gasteiger partial charge is 0.410 e. The summed E-state index contributed by atoms with van der Waals surface area (Å²) in [4.78, 5) is 17.1. The number of hydrogen-bond acceptors (Lipinski definition) is 5. The quantitative estimate of drug-likeness (QED) is 0.725. The third-order valence-electron chi connectivity index (χ3n) is 4.18. The lowest BCUT2D eigenvalue weighted by atomic mass is 10.1. The zero-order chi connectivity index (χ0) is 19.9. The molecule has 0 radical (unpaired) electrons. The number of hydrogen-bond donors (Lipinski definition) is 2. The first kappa shape index (κ1) is 23.7. The van der Waals surface area contributed by atoms with Crippen LogP contribution in [0.5, 0.6) is 5.75 Å². The second-order valence-corrected chi connectivity index (χ2v) is 7.72. The van der Waals surface area contributed by atoms with Crippen molar-refractivity contribution in [3.8, 4) is 5.75 Å². The summed E-state index contributed by atoms with van der Waals surface area (Å²) in [5.74, 6) is 0.577. The normalized spacial score (nSPS) is 15.9. The van der Waals surface area contributed by atoms with E-state index in [2.05, 4.69) is 10.2 Å². The summed E-state index contributed by atoms with van der Waals surface area (Å²) >= 11 is 0. The van der Waals surface area contributed by atoms with Gasteiger partial charge in [-0.15, -0.1) is 0 Å². The fourth-order valence-corrected chi connectivity index (χ4v) is 2.79. The van der Waals surface area contributed by atoms with Gasteiger partial charge in [-0.2, -0.15) is 0 Å². The molecular weight excluding hydrogens is 358 g/mol. The summed E-state index contributed by atoms with van der Waals surface area (Å²) in [7, 11) is 0. The minimum absolute atomic E-state index is 0. The van der Waals surface area contributed by atoms with Crippen molar-refractivity contribution in [2.45, 2.75) is 58.8 Å². The molecule has 156 valence electrons. The van der Waals surface area contributed by atoms with Crippen LogP contribution in [0.2, 0.25) is 0 Å². The number of piperidine rings is 1. The highest BCUT2D eigenvalue weighted by Gasteiger charge is 2.26. The minimum atomic E-state index is -0.648. The minimum Gasteiger partial charge on any atom is -0.492 e. The van der Waals surface area contributed by atoms with Gasteiger partial charge >= 0.3 is 6.09 Å². The molecule has 28 heavy (non-hydrogen) atoms. The topological polar surface area (TPSA) is 75.4 Å². The SMILES string of the molecule is C.[C-]#[N+]c1cccc(OC[C@@H](O)CNC2CCN(C(=O)OC(C)(C)C)CC2)c1. The van der Waals surface area contributed by atoms with Gasteiger partial charge in [-0.1, -0.05) is 19.6 Å². The molecule has 1 fully saturated rings. The zero-order valence-electron chi connectivity index (χ0n) is 16.3. The van der Waals surface area contributed by atoms with Crippen LogP contribution in [0, 0.1) is 6.57 Å². The largest absolute Gasteiger partial charge is 0.492 e. The number of amides is 1. The Hall–Kier alpha value is -2.30. The van der Waals surface area contributed by atoms with Gasteiger partial charge in [0.05, 0.1) is 6.57 Å². The van der Waals surface area contributed by atoms with Gasteiger partial charge in [-0.05, 0) is 45.7 Å². The van der Waals surface area contributed by atoms with E-state index in [4.69, 9.17) is 16.0 Å². The van der Waals surface area contributed by atoms with Crippen LogP contribution in [-0.2, 0) is 4.74 Å². The average molecular weight is 392 g/mol. The van der Waals surface area contributed by atoms with Crippen LogP contribution in [0.25, 0.3) is 4.85 Å². The maximum Gasteiger partial charge on any atom is 0.410 e. The number of likely N-dealkylation sites (tertiary alicyclic amines) is 1. The molecule has 1 aliphatic rings. The van der Waals surface area contributed by atoms with E-state index in [0.29, 0.717) is 31.1 Å². The third kappa shape index (κ3) is 8.15. The van der Waals surface area contributed by atoms with Gasteiger partial charge in [-0.3, -0.25) is 0 Å². The predicted octanol–water partition coefficient (Wildman–Crippen LogP) is 3.60. The van der Waals surface area contributed by atoms with Crippen LogP contribution in [0.3, 0.4) is 0 Å². The number of aliphatic hydroxyl groups excluding tert-OH is 1. The number of carbonyl (C=O) groups is 1. The van der Waals surface area contributed by atoms with Gasteiger partial charge in [0.25, 0.3) is 0 Å². The number of nitrogens with one attached hydrogen (secondary N) is 1. The van der Waals surface area contributed by atoms with Gasteiger partial charge in [0.15, 0.2) is 5.69 Å². The molecule has 1 heterocycles. The van der Waals surface area contributed by atoms with E-state index in [9.17, 15) is 9.90 Å². The van der Waals surface area contributed by atoms with Gasteiger partial charge in [-0.25, -0.2) is 9.64 Å².